The molecule has 1 aliphatic rings. The van der Waals surface area contributed by atoms with E-state index in [0.29, 0.717) is 12.5 Å². The fourth-order valence-electron chi connectivity index (χ4n) is 2.13. The van der Waals surface area contributed by atoms with Crippen molar-refractivity contribution >= 4 is 5.91 Å². The van der Waals surface area contributed by atoms with Crippen LogP contribution in [0.2, 0.25) is 0 Å². The zero-order chi connectivity index (χ0) is 14.1. The van der Waals surface area contributed by atoms with Gasteiger partial charge in [-0.1, -0.05) is 13.8 Å². The highest BCUT2D eigenvalue weighted by Gasteiger charge is 2.18. The summed E-state index contributed by atoms with van der Waals surface area (Å²) in [7, 11) is 0. The van der Waals surface area contributed by atoms with Crippen molar-refractivity contribution in [3.63, 3.8) is 0 Å². The second-order valence-corrected chi connectivity index (χ2v) is 5.79. The van der Waals surface area contributed by atoms with Gasteiger partial charge in [0.05, 0.1) is 12.7 Å². The monoisotopic (exact) mass is 271 g/mol. The third kappa shape index (κ3) is 7.53. The molecule has 1 N–H and O–H groups in total. The Morgan fingerprint density at radius 3 is 2.79 bits per heavy atom. The van der Waals surface area contributed by atoms with Crippen LogP contribution in [0.15, 0.2) is 0 Å². The quantitative estimate of drug-likeness (QED) is 0.690. The van der Waals surface area contributed by atoms with Crippen LogP contribution in [0.4, 0.5) is 0 Å². The van der Waals surface area contributed by atoms with E-state index in [4.69, 9.17) is 9.47 Å². The molecule has 1 rings (SSSR count). The van der Waals surface area contributed by atoms with Crippen molar-refractivity contribution < 1.29 is 14.3 Å². The fourth-order valence-corrected chi connectivity index (χ4v) is 2.13. The molecule has 0 spiro atoms. The summed E-state index contributed by atoms with van der Waals surface area (Å²) in [5.74, 6) is 0.675. The Labute approximate surface area is 117 Å². The van der Waals surface area contributed by atoms with E-state index in [1.807, 2.05) is 0 Å². The molecule has 1 fully saturated rings. The van der Waals surface area contributed by atoms with Crippen molar-refractivity contribution in [2.24, 2.45) is 5.92 Å². The summed E-state index contributed by atoms with van der Waals surface area (Å²) in [6.45, 7) is 8.28. The smallest absolute Gasteiger partial charge is 0.248 e. The first-order chi connectivity index (χ1) is 9.09. The van der Waals surface area contributed by atoms with Crippen LogP contribution in [-0.4, -0.2) is 37.9 Å². The molecule has 0 aromatic heterocycles. The number of nitrogens with one attached hydrogen (secondary N) is 1. The molecule has 4 nitrogen and oxygen atoms in total. The lowest BCUT2D eigenvalue weighted by Gasteiger charge is -2.23. The number of rotatable bonds is 8. The van der Waals surface area contributed by atoms with E-state index in [-0.39, 0.29) is 18.1 Å². The van der Waals surface area contributed by atoms with Gasteiger partial charge in [-0.05, 0) is 44.9 Å². The van der Waals surface area contributed by atoms with Crippen LogP contribution >= 0.6 is 0 Å². The van der Waals surface area contributed by atoms with Crippen LogP contribution in [0.3, 0.4) is 0 Å². The van der Waals surface area contributed by atoms with E-state index in [1.165, 1.54) is 6.42 Å². The molecule has 0 aromatic carbocycles. The van der Waals surface area contributed by atoms with Crippen molar-refractivity contribution in [2.45, 2.75) is 65.1 Å². The van der Waals surface area contributed by atoms with Crippen LogP contribution < -0.4 is 5.32 Å². The van der Waals surface area contributed by atoms with Gasteiger partial charge in [-0.15, -0.1) is 0 Å². The Morgan fingerprint density at radius 2 is 2.16 bits per heavy atom. The molecule has 0 aromatic rings. The van der Waals surface area contributed by atoms with Crippen LogP contribution in [0.1, 0.15) is 52.9 Å². The maximum atomic E-state index is 11.8. The summed E-state index contributed by atoms with van der Waals surface area (Å²) in [6, 6.07) is 0. The number of ether oxygens (including phenoxy) is 2. The van der Waals surface area contributed by atoms with Crippen molar-refractivity contribution in [3.05, 3.63) is 0 Å². The van der Waals surface area contributed by atoms with Crippen molar-refractivity contribution in [2.75, 3.05) is 19.8 Å². The molecule has 1 heterocycles. The summed E-state index contributed by atoms with van der Waals surface area (Å²) in [5.41, 5.74) is 0. The van der Waals surface area contributed by atoms with Gasteiger partial charge in [-0.3, -0.25) is 4.79 Å². The highest BCUT2D eigenvalue weighted by Crippen LogP contribution is 2.13. The first kappa shape index (κ1) is 16.4. The van der Waals surface area contributed by atoms with Crippen LogP contribution in [-0.2, 0) is 14.3 Å². The summed E-state index contributed by atoms with van der Waals surface area (Å²) in [5, 5.41) is 2.92. The molecule has 19 heavy (non-hydrogen) atoms. The average Bonchev–Trinajstić information content (AvgIpc) is 2.41. The fraction of sp³-hybridized carbons (Fsp3) is 0.933. The van der Waals surface area contributed by atoms with E-state index in [2.05, 4.69) is 19.2 Å². The van der Waals surface area contributed by atoms with E-state index < -0.39 is 0 Å². The predicted molar refractivity (Wildman–Crippen MR) is 76.1 cm³/mol. The lowest BCUT2D eigenvalue weighted by atomic mass is 10.1. The minimum atomic E-state index is -0.385. The molecule has 1 amide bonds. The molecule has 1 aliphatic heterocycles. The number of carbonyl (C=O) groups excluding carboxylic acids is 1. The maximum absolute atomic E-state index is 11.8. The molecule has 0 radical (unpaired) electrons. The number of carbonyl (C=O) groups is 1. The van der Waals surface area contributed by atoms with Gasteiger partial charge >= 0.3 is 0 Å². The SMILES string of the molecule is CC(C)CCCNC(=O)C(C)OCC1CCCCO1. The Morgan fingerprint density at radius 1 is 1.37 bits per heavy atom. The highest BCUT2D eigenvalue weighted by atomic mass is 16.5. The van der Waals surface area contributed by atoms with Gasteiger partial charge in [0.2, 0.25) is 5.91 Å². The third-order valence-corrected chi connectivity index (χ3v) is 3.43. The third-order valence-electron chi connectivity index (χ3n) is 3.43. The molecule has 0 aliphatic carbocycles. The first-order valence-corrected chi connectivity index (χ1v) is 7.60. The minimum Gasteiger partial charge on any atom is -0.376 e. The maximum Gasteiger partial charge on any atom is 0.248 e. The predicted octanol–water partition coefficient (Wildman–Crippen LogP) is 2.51. The summed E-state index contributed by atoms with van der Waals surface area (Å²) in [4.78, 5) is 11.8. The van der Waals surface area contributed by atoms with E-state index >= 15 is 0 Å². The van der Waals surface area contributed by atoms with Crippen LogP contribution in [0, 0.1) is 5.92 Å². The summed E-state index contributed by atoms with van der Waals surface area (Å²) in [6.07, 6.45) is 5.34. The summed E-state index contributed by atoms with van der Waals surface area (Å²) < 4.78 is 11.2. The molecule has 112 valence electrons. The molecular formula is C15H29NO3. The number of hydrogen-bond donors (Lipinski definition) is 1. The Kier molecular flexibility index (Phi) is 8.07. The van der Waals surface area contributed by atoms with Crippen LogP contribution in [0.5, 0.6) is 0 Å². The molecule has 1 saturated heterocycles. The minimum absolute atomic E-state index is 0.0143. The zero-order valence-electron chi connectivity index (χ0n) is 12.6. The lowest BCUT2D eigenvalue weighted by Crippen LogP contribution is -2.37. The molecular weight excluding hydrogens is 242 g/mol. The topological polar surface area (TPSA) is 47.6 Å². The van der Waals surface area contributed by atoms with Gasteiger partial charge in [-0.2, -0.15) is 0 Å². The van der Waals surface area contributed by atoms with Gasteiger partial charge in [0, 0.05) is 13.2 Å². The first-order valence-electron chi connectivity index (χ1n) is 7.60. The number of amides is 1. The van der Waals surface area contributed by atoms with Crippen molar-refractivity contribution in [1.82, 2.24) is 5.32 Å². The van der Waals surface area contributed by atoms with E-state index in [1.54, 1.807) is 6.92 Å². The molecule has 4 heteroatoms. The average molecular weight is 271 g/mol. The standard InChI is InChI=1S/C15H29NO3/c1-12(2)7-6-9-16-15(17)13(3)19-11-14-8-4-5-10-18-14/h12-14H,4-11H2,1-3H3,(H,16,17). The Balaban J connectivity index is 2.07. The molecule has 0 saturated carbocycles. The van der Waals surface area contributed by atoms with E-state index in [0.717, 1.165) is 38.8 Å². The van der Waals surface area contributed by atoms with E-state index in [9.17, 15) is 4.79 Å². The second kappa shape index (κ2) is 9.32. The Bertz CT molecular complexity index is 250. The van der Waals surface area contributed by atoms with Crippen molar-refractivity contribution in [1.29, 1.82) is 0 Å². The molecule has 0 bridgehead atoms. The molecule has 2 atom stereocenters. The molecule has 2 unspecified atom stereocenters. The number of hydrogen-bond acceptors (Lipinski definition) is 3. The van der Waals surface area contributed by atoms with Gasteiger partial charge in [0.15, 0.2) is 0 Å². The second-order valence-electron chi connectivity index (χ2n) is 5.79. The van der Waals surface area contributed by atoms with Gasteiger partial charge < -0.3 is 14.8 Å². The largest absolute Gasteiger partial charge is 0.376 e. The normalized spacial score (nSPS) is 21.4. The Hall–Kier alpha value is -0.610. The summed E-state index contributed by atoms with van der Waals surface area (Å²) >= 11 is 0. The lowest BCUT2D eigenvalue weighted by molar-refractivity contribution is -0.135. The van der Waals surface area contributed by atoms with Crippen LogP contribution in [0.25, 0.3) is 0 Å². The zero-order valence-corrected chi connectivity index (χ0v) is 12.6. The van der Waals surface area contributed by atoms with Gasteiger partial charge in [0.25, 0.3) is 0 Å². The van der Waals surface area contributed by atoms with Gasteiger partial charge in [-0.25, -0.2) is 0 Å². The highest BCUT2D eigenvalue weighted by molar-refractivity contribution is 5.80. The van der Waals surface area contributed by atoms with Gasteiger partial charge in [0.1, 0.15) is 6.10 Å². The van der Waals surface area contributed by atoms with Crippen molar-refractivity contribution in [3.8, 4) is 0 Å².